The van der Waals surface area contributed by atoms with Crippen LogP contribution in [0.1, 0.15) is 16.6 Å². The first-order valence-electron chi connectivity index (χ1n) is 6.42. The molecule has 108 valence electrons. The molecule has 6 nitrogen and oxygen atoms in total. The number of rotatable bonds is 5. The van der Waals surface area contributed by atoms with Crippen molar-refractivity contribution in [3.63, 3.8) is 0 Å². The van der Waals surface area contributed by atoms with E-state index in [1.54, 1.807) is 25.3 Å². The van der Waals surface area contributed by atoms with E-state index in [0.29, 0.717) is 18.3 Å². The highest BCUT2D eigenvalue weighted by atomic mass is 32.1. The Kier molecular flexibility index (Phi) is 5.11. The minimum absolute atomic E-state index is 0.483. The molecule has 0 saturated carbocycles. The maximum Gasteiger partial charge on any atom is 0.246 e. The van der Waals surface area contributed by atoms with Gasteiger partial charge in [-0.25, -0.2) is 0 Å². The number of nitrogens with zero attached hydrogens (tertiary/aromatic N) is 4. The Bertz CT molecular complexity index is 549. The van der Waals surface area contributed by atoms with Gasteiger partial charge >= 0.3 is 0 Å². The van der Waals surface area contributed by atoms with Crippen molar-refractivity contribution in [2.45, 2.75) is 19.9 Å². The standard InChI is InChI=1S/C13H19N5OS/c1-10-16-12(19-17-10)9-15-13(14-2)18(3)7-6-11-5-4-8-20-11/h4-5,8H,6-7,9H2,1-3H3,(H,14,15). The first kappa shape index (κ1) is 14.5. The molecule has 0 spiro atoms. The van der Waals surface area contributed by atoms with E-state index in [2.05, 4.69) is 42.9 Å². The predicted octanol–water partition coefficient (Wildman–Crippen LogP) is 1.69. The molecular weight excluding hydrogens is 274 g/mol. The number of likely N-dealkylation sites (N-methyl/N-ethyl adjacent to an activating group) is 1. The van der Waals surface area contributed by atoms with Gasteiger partial charge in [-0.05, 0) is 24.8 Å². The van der Waals surface area contributed by atoms with Crippen molar-refractivity contribution >= 4 is 17.3 Å². The summed E-state index contributed by atoms with van der Waals surface area (Å²) in [4.78, 5) is 11.9. The number of nitrogens with one attached hydrogen (secondary N) is 1. The molecule has 0 radical (unpaired) electrons. The fourth-order valence-corrected chi connectivity index (χ4v) is 2.49. The van der Waals surface area contributed by atoms with Gasteiger partial charge in [0.25, 0.3) is 0 Å². The molecule has 7 heteroatoms. The van der Waals surface area contributed by atoms with Gasteiger partial charge in [0.1, 0.15) is 0 Å². The average molecular weight is 293 g/mol. The lowest BCUT2D eigenvalue weighted by Crippen LogP contribution is -2.39. The van der Waals surface area contributed by atoms with Gasteiger partial charge in [-0.15, -0.1) is 11.3 Å². The maximum atomic E-state index is 5.06. The molecule has 0 unspecified atom stereocenters. The minimum atomic E-state index is 0.483. The number of guanidine groups is 1. The van der Waals surface area contributed by atoms with Crippen LogP contribution in [0.5, 0.6) is 0 Å². The molecular formula is C13H19N5OS. The molecule has 0 fully saturated rings. The lowest BCUT2D eigenvalue weighted by molar-refractivity contribution is 0.368. The second-order valence-corrected chi connectivity index (χ2v) is 5.42. The van der Waals surface area contributed by atoms with Crippen molar-refractivity contribution in [1.82, 2.24) is 20.4 Å². The van der Waals surface area contributed by atoms with Crippen LogP contribution in [-0.4, -0.2) is 41.6 Å². The predicted molar refractivity (Wildman–Crippen MR) is 79.9 cm³/mol. The molecule has 0 aromatic carbocycles. The number of aromatic nitrogens is 2. The summed E-state index contributed by atoms with van der Waals surface area (Å²) in [5.41, 5.74) is 0. The van der Waals surface area contributed by atoms with E-state index in [4.69, 9.17) is 4.52 Å². The second-order valence-electron chi connectivity index (χ2n) is 4.39. The van der Waals surface area contributed by atoms with Crippen LogP contribution in [0.3, 0.4) is 0 Å². The Morgan fingerprint density at radius 1 is 1.55 bits per heavy atom. The minimum Gasteiger partial charge on any atom is -0.347 e. The summed E-state index contributed by atoms with van der Waals surface area (Å²) in [6.07, 6.45) is 1.01. The lowest BCUT2D eigenvalue weighted by Gasteiger charge is -2.21. The van der Waals surface area contributed by atoms with Crippen LogP contribution in [0.2, 0.25) is 0 Å². The molecule has 0 aliphatic carbocycles. The van der Waals surface area contributed by atoms with Gasteiger partial charge in [0.05, 0.1) is 6.54 Å². The normalized spacial score (nSPS) is 11.7. The van der Waals surface area contributed by atoms with Gasteiger partial charge in [0.2, 0.25) is 5.89 Å². The van der Waals surface area contributed by atoms with E-state index in [1.165, 1.54) is 4.88 Å². The third kappa shape index (κ3) is 4.06. The Balaban J connectivity index is 1.81. The van der Waals surface area contributed by atoms with Crippen molar-refractivity contribution in [1.29, 1.82) is 0 Å². The second kappa shape index (κ2) is 7.04. The van der Waals surface area contributed by atoms with Gasteiger partial charge < -0.3 is 14.7 Å². The van der Waals surface area contributed by atoms with Crippen molar-refractivity contribution in [2.75, 3.05) is 20.6 Å². The number of hydrogen-bond acceptors (Lipinski definition) is 5. The third-order valence-corrected chi connectivity index (χ3v) is 3.75. The zero-order valence-electron chi connectivity index (χ0n) is 12.0. The van der Waals surface area contributed by atoms with Gasteiger partial charge in [-0.2, -0.15) is 4.98 Å². The molecule has 0 aliphatic rings. The Hall–Kier alpha value is -1.89. The van der Waals surface area contributed by atoms with E-state index in [0.717, 1.165) is 18.9 Å². The van der Waals surface area contributed by atoms with E-state index >= 15 is 0 Å². The van der Waals surface area contributed by atoms with E-state index in [-0.39, 0.29) is 0 Å². The number of aryl methyl sites for hydroxylation is 1. The monoisotopic (exact) mass is 293 g/mol. The molecule has 2 aromatic rings. The number of hydrogen-bond donors (Lipinski definition) is 1. The summed E-state index contributed by atoms with van der Waals surface area (Å²) in [5, 5.41) is 9.07. The van der Waals surface area contributed by atoms with E-state index in [9.17, 15) is 0 Å². The Morgan fingerprint density at radius 2 is 2.40 bits per heavy atom. The summed E-state index contributed by atoms with van der Waals surface area (Å²) in [6, 6.07) is 4.22. The fraction of sp³-hybridized carbons (Fsp3) is 0.462. The maximum absolute atomic E-state index is 5.06. The first-order chi connectivity index (χ1) is 9.69. The van der Waals surface area contributed by atoms with Crippen LogP contribution in [0.25, 0.3) is 0 Å². The molecule has 0 atom stereocenters. The highest BCUT2D eigenvalue weighted by Gasteiger charge is 2.08. The molecule has 2 aromatic heterocycles. The quantitative estimate of drug-likeness (QED) is 0.671. The van der Waals surface area contributed by atoms with Crippen LogP contribution in [0.15, 0.2) is 27.0 Å². The summed E-state index contributed by atoms with van der Waals surface area (Å²) in [7, 11) is 3.78. The van der Waals surface area contributed by atoms with Crippen molar-refractivity contribution < 1.29 is 4.52 Å². The van der Waals surface area contributed by atoms with Crippen molar-refractivity contribution in [2.24, 2.45) is 4.99 Å². The molecule has 2 rings (SSSR count). The van der Waals surface area contributed by atoms with Crippen LogP contribution in [-0.2, 0) is 13.0 Å². The molecule has 20 heavy (non-hydrogen) atoms. The fourth-order valence-electron chi connectivity index (χ4n) is 1.79. The molecule has 0 bridgehead atoms. The highest BCUT2D eigenvalue weighted by molar-refractivity contribution is 7.09. The average Bonchev–Trinajstić information content (AvgIpc) is 3.08. The molecule has 1 N–H and O–H groups in total. The molecule has 0 saturated heterocycles. The smallest absolute Gasteiger partial charge is 0.246 e. The van der Waals surface area contributed by atoms with Crippen molar-refractivity contribution in [3.8, 4) is 0 Å². The van der Waals surface area contributed by atoms with Crippen LogP contribution >= 0.6 is 11.3 Å². The van der Waals surface area contributed by atoms with Crippen LogP contribution in [0.4, 0.5) is 0 Å². The third-order valence-electron chi connectivity index (χ3n) is 2.81. The summed E-state index contributed by atoms with van der Waals surface area (Å²) in [5.74, 6) is 2.02. The largest absolute Gasteiger partial charge is 0.347 e. The van der Waals surface area contributed by atoms with Gasteiger partial charge in [-0.3, -0.25) is 4.99 Å². The zero-order chi connectivity index (χ0) is 14.4. The highest BCUT2D eigenvalue weighted by Crippen LogP contribution is 2.09. The summed E-state index contributed by atoms with van der Waals surface area (Å²) >= 11 is 1.78. The Labute approximate surface area is 122 Å². The Morgan fingerprint density at radius 3 is 3.00 bits per heavy atom. The van der Waals surface area contributed by atoms with Gasteiger partial charge in [-0.1, -0.05) is 11.2 Å². The number of thiophene rings is 1. The topological polar surface area (TPSA) is 66.5 Å². The van der Waals surface area contributed by atoms with E-state index in [1.807, 2.05) is 7.05 Å². The van der Waals surface area contributed by atoms with Crippen molar-refractivity contribution in [3.05, 3.63) is 34.1 Å². The summed E-state index contributed by atoms with van der Waals surface area (Å²) < 4.78 is 5.06. The summed E-state index contributed by atoms with van der Waals surface area (Å²) in [6.45, 7) is 3.19. The van der Waals surface area contributed by atoms with E-state index < -0.39 is 0 Å². The van der Waals surface area contributed by atoms with Crippen LogP contribution < -0.4 is 5.32 Å². The zero-order valence-corrected chi connectivity index (χ0v) is 12.8. The first-order valence-corrected chi connectivity index (χ1v) is 7.30. The van der Waals surface area contributed by atoms with Gasteiger partial charge in [0.15, 0.2) is 11.8 Å². The molecule has 0 amide bonds. The SMILES string of the molecule is CN=C(NCc1nc(C)no1)N(C)CCc1cccs1. The molecule has 2 heterocycles. The van der Waals surface area contributed by atoms with Crippen LogP contribution in [0, 0.1) is 6.92 Å². The lowest BCUT2D eigenvalue weighted by atomic mass is 10.3. The van der Waals surface area contributed by atoms with Gasteiger partial charge in [0, 0.05) is 25.5 Å². The number of aliphatic imine (C=N–C) groups is 1. The molecule has 0 aliphatic heterocycles.